The molecule has 0 bridgehead atoms. The van der Waals surface area contributed by atoms with Gasteiger partial charge in [0.05, 0.1) is 17.6 Å². The minimum Gasteiger partial charge on any atom is -0.497 e. The van der Waals surface area contributed by atoms with Crippen LogP contribution < -0.4 is 14.8 Å². The second-order valence-electron chi connectivity index (χ2n) is 5.87. The normalized spacial score (nSPS) is 10.8. The number of hydrogen-bond acceptors (Lipinski definition) is 6. The summed E-state index contributed by atoms with van der Waals surface area (Å²) < 4.78 is 36.3. The average molecular weight is 418 g/mol. The first-order valence-electron chi connectivity index (χ1n) is 8.63. The van der Waals surface area contributed by atoms with Crippen LogP contribution >= 0.6 is 0 Å². The van der Waals surface area contributed by atoms with Crippen LogP contribution in [0.5, 0.6) is 5.75 Å². The van der Waals surface area contributed by atoms with E-state index in [1.165, 1.54) is 30.3 Å². The number of sulfonamides is 1. The second-order valence-corrected chi connectivity index (χ2v) is 7.63. The monoisotopic (exact) mass is 418 g/mol. The molecule has 2 aromatic rings. The lowest BCUT2D eigenvalue weighted by Gasteiger charge is -2.08. The van der Waals surface area contributed by atoms with Gasteiger partial charge in [0.25, 0.3) is 5.91 Å². The Hall–Kier alpha value is -3.17. The summed E-state index contributed by atoms with van der Waals surface area (Å²) >= 11 is 0. The van der Waals surface area contributed by atoms with Crippen molar-refractivity contribution in [2.45, 2.75) is 11.4 Å². The molecule has 0 fully saturated rings. The Labute approximate surface area is 169 Å². The standard InChI is InChI=1S/C20H22N2O6S/c1-3-12-22-29(25,26)18-10-6-16(7-11-18)20(24)28-14-19(23)21-13-15-4-8-17(27-2)9-5-15/h3-11,22H,1,12-14H2,2H3,(H,21,23). The van der Waals surface area contributed by atoms with E-state index in [0.29, 0.717) is 5.75 Å². The first kappa shape index (κ1) is 22.1. The molecule has 1 amide bonds. The fourth-order valence-electron chi connectivity index (χ4n) is 2.23. The van der Waals surface area contributed by atoms with E-state index >= 15 is 0 Å². The van der Waals surface area contributed by atoms with Crippen molar-refractivity contribution in [1.82, 2.24) is 10.0 Å². The molecule has 2 N–H and O–H groups in total. The number of benzene rings is 2. The van der Waals surface area contributed by atoms with Crippen LogP contribution in [0.3, 0.4) is 0 Å². The molecule has 0 aliphatic heterocycles. The van der Waals surface area contributed by atoms with E-state index < -0.39 is 28.5 Å². The van der Waals surface area contributed by atoms with Gasteiger partial charge in [-0.1, -0.05) is 18.2 Å². The van der Waals surface area contributed by atoms with Crippen molar-refractivity contribution in [2.75, 3.05) is 20.3 Å². The maximum atomic E-state index is 12.0. The number of carbonyl (C=O) groups is 2. The van der Waals surface area contributed by atoms with E-state index in [1.807, 2.05) is 12.1 Å². The zero-order valence-electron chi connectivity index (χ0n) is 15.9. The predicted molar refractivity (Wildman–Crippen MR) is 107 cm³/mol. The highest BCUT2D eigenvalue weighted by Crippen LogP contribution is 2.12. The van der Waals surface area contributed by atoms with Gasteiger partial charge in [0, 0.05) is 13.1 Å². The molecule has 0 saturated heterocycles. The van der Waals surface area contributed by atoms with E-state index in [2.05, 4.69) is 16.6 Å². The molecular formula is C20H22N2O6S. The van der Waals surface area contributed by atoms with Gasteiger partial charge < -0.3 is 14.8 Å². The summed E-state index contributed by atoms with van der Waals surface area (Å²) in [6.07, 6.45) is 1.42. The summed E-state index contributed by atoms with van der Waals surface area (Å²) in [4.78, 5) is 23.9. The fraction of sp³-hybridized carbons (Fsp3) is 0.200. The van der Waals surface area contributed by atoms with E-state index in [9.17, 15) is 18.0 Å². The van der Waals surface area contributed by atoms with Crippen molar-refractivity contribution in [2.24, 2.45) is 0 Å². The molecule has 0 radical (unpaired) electrons. The van der Waals surface area contributed by atoms with Gasteiger partial charge in [0.2, 0.25) is 10.0 Å². The smallest absolute Gasteiger partial charge is 0.338 e. The SMILES string of the molecule is C=CCNS(=O)(=O)c1ccc(C(=O)OCC(=O)NCc2ccc(OC)cc2)cc1. The summed E-state index contributed by atoms with van der Waals surface area (Å²) in [5.41, 5.74) is 1.00. The minimum absolute atomic E-state index is 0.00753. The quantitative estimate of drug-likeness (QED) is 0.448. The molecule has 0 heterocycles. The van der Waals surface area contributed by atoms with Crippen LogP contribution in [0.2, 0.25) is 0 Å². The number of esters is 1. The second kappa shape index (κ2) is 10.4. The first-order chi connectivity index (χ1) is 13.9. The molecule has 154 valence electrons. The van der Waals surface area contributed by atoms with Crippen molar-refractivity contribution in [3.63, 3.8) is 0 Å². The maximum Gasteiger partial charge on any atom is 0.338 e. The van der Waals surface area contributed by atoms with Crippen LogP contribution in [0.1, 0.15) is 15.9 Å². The molecule has 8 nitrogen and oxygen atoms in total. The van der Waals surface area contributed by atoms with Gasteiger partial charge in [-0.2, -0.15) is 0 Å². The van der Waals surface area contributed by atoms with Gasteiger partial charge in [-0.25, -0.2) is 17.9 Å². The Morgan fingerprint density at radius 2 is 1.72 bits per heavy atom. The third kappa shape index (κ3) is 6.74. The van der Waals surface area contributed by atoms with Crippen LogP contribution in [0.25, 0.3) is 0 Å². The lowest BCUT2D eigenvalue weighted by Crippen LogP contribution is -2.28. The largest absolute Gasteiger partial charge is 0.497 e. The number of carbonyl (C=O) groups excluding carboxylic acids is 2. The highest BCUT2D eigenvalue weighted by Gasteiger charge is 2.15. The summed E-state index contributed by atoms with van der Waals surface area (Å²) in [5, 5.41) is 2.64. The Bertz CT molecular complexity index is 953. The fourth-order valence-corrected chi connectivity index (χ4v) is 3.23. The zero-order chi connectivity index (χ0) is 21.3. The number of methoxy groups -OCH3 is 1. The van der Waals surface area contributed by atoms with Gasteiger partial charge in [-0.15, -0.1) is 6.58 Å². The van der Waals surface area contributed by atoms with Crippen molar-refractivity contribution in [3.8, 4) is 5.75 Å². The summed E-state index contributed by atoms with van der Waals surface area (Å²) in [6.45, 7) is 3.37. The molecule has 0 spiro atoms. The number of nitrogens with one attached hydrogen (secondary N) is 2. The van der Waals surface area contributed by atoms with Crippen molar-refractivity contribution < 1.29 is 27.5 Å². The van der Waals surface area contributed by atoms with E-state index in [0.717, 1.165) is 5.56 Å². The van der Waals surface area contributed by atoms with E-state index in [4.69, 9.17) is 9.47 Å². The van der Waals surface area contributed by atoms with Crippen LogP contribution in [-0.4, -0.2) is 40.6 Å². The van der Waals surface area contributed by atoms with Crippen molar-refractivity contribution in [1.29, 1.82) is 0 Å². The maximum absolute atomic E-state index is 12.0. The van der Waals surface area contributed by atoms with Crippen LogP contribution in [-0.2, 0) is 26.1 Å². The van der Waals surface area contributed by atoms with Crippen molar-refractivity contribution >= 4 is 21.9 Å². The molecule has 29 heavy (non-hydrogen) atoms. The Kier molecular flexibility index (Phi) is 7.93. The van der Waals surface area contributed by atoms with Crippen LogP contribution in [0.15, 0.2) is 66.1 Å². The Morgan fingerprint density at radius 3 is 2.31 bits per heavy atom. The van der Waals surface area contributed by atoms with Crippen molar-refractivity contribution in [3.05, 3.63) is 72.3 Å². The number of rotatable bonds is 10. The first-order valence-corrected chi connectivity index (χ1v) is 10.1. The number of hydrogen-bond donors (Lipinski definition) is 2. The average Bonchev–Trinajstić information content (AvgIpc) is 2.75. The van der Waals surface area contributed by atoms with Crippen LogP contribution in [0.4, 0.5) is 0 Å². The van der Waals surface area contributed by atoms with Gasteiger partial charge in [-0.05, 0) is 42.0 Å². The molecule has 0 aromatic heterocycles. The van der Waals surface area contributed by atoms with E-state index in [1.54, 1.807) is 19.2 Å². The third-order valence-corrected chi connectivity index (χ3v) is 5.24. The van der Waals surface area contributed by atoms with Gasteiger partial charge in [-0.3, -0.25) is 4.79 Å². The minimum atomic E-state index is -3.67. The summed E-state index contributed by atoms with van der Waals surface area (Å²) in [5.74, 6) is -0.473. The molecule has 2 aromatic carbocycles. The zero-order valence-corrected chi connectivity index (χ0v) is 16.7. The molecule has 2 rings (SSSR count). The molecule has 0 atom stereocenters. The Morgan fingerprint density at radius 1 is 1.07 bits per heavy atom. The summed E-state index contributed by atoms with van der Waals surface area (Å²) in [6, 6.07) is 12.4. The predicted octanol–water partition coefficient (Wildman–Crippen LogP) is 1.63. The topological polar surface area (TPSA) is 111 Å². The molecule has 0 saturated carbocycles. The number of amides is 1. The van der Waals surface area contributed by atoms with Gasteiger partial charge >= 0.3 is 5.97 Å². The van der Waals surface area contributed by atoms with Gasteiger partial charge in [0.15, 0.2) is 6.61 Å². The highest BCUT2D eigenvalue weighted by atomic mass is 32.2. The molecule has 0 unspecified atom stereocenters. The lowest BCUT2D eigenvalue weighted by molar-refractivity contribution is -0.124. The highest BCUT2D eigenvalue weighted by molar-refractivity contribution is 7.89. The molecule has 9 heteroatoms. The third-order valence-electron chi connectivity index (χ3n) is 3.80. The molecule has 0 aliphatic carbocycles. The summed E-state index contributed by atoms with van der Waals surface area (Å²) in [7, 11) is -2.11. The van der Waals surface area contributed by atoms with Crippen LogP contribution in [0, 0.1) is 0 Å². The molecular weight excluding hydrogens is 396 g/mol. The number of ether oxygens (including phenoxy) is 2. The molecule has 0 aliphatic rings. The Balaban J connectivity index is 1.83. The van der Waals surface area contributed by atoms with E-state index in [-0.39, 0.29) is 23.5 Å². The lowest BCUT2D eigenvalue weighted by atomic mass is 10.2. The van der Waals surface area contributed by atoms with Gasteiger partial charge in [0.1, 0.15) is 5.75 Å².